The number of hydrogen-bond donors (Lipinski definition) is 2. The molecular weight excluding hydrogens is 258 g/mol. The zero-order valence-corrected chi connectivity index (χ0v) is 10.7. The minimum Gasteiger partial charge on any atom is -0.475 e. The number of carbonyl (C=O) groups is 1. The van der Waals surface area contributed by atoms with E-state index in [1.807, 2.05) is 0 Å². The van der Waals surface area contributed by atoms with Crippen LogP contribution in [0.1, 0.15) is 29.7 Å². The zero-order chi connectivity index (χ0) is 13.9. The van der Waals surface area contributed by atoms with E-state index in [-0.39, 0.29) is 10.7 Å². The number of carboxylic acids is 1. The maximum Gasteiger partial charge on any atom is 0.371 e. The van der Waals surface area contributed by atoms with E-state index >= 15 is 0 Å². The van der Waals surface area contributed by atoms with Crippen molar-refractivity contribution in [3.8, 4) is 12.3 Å². The van der Waals surface area contributed by atoms with Gasteiger partial charge in [0.05, 0.1) is 6.04 Å². The molecule has 0 aliphatic rings. The Bertz CT molecular complexity index is 593. The molecule has 0 fully saturated rings. The summed E-state index contributed by atoms with van der Waals surface area (Å²) in [5.74, 6) is 0.537. The zero-order valence-electron chi connectivity index (χ0n) is 9.93. The van der Waals surface area contributed by atoms with Crippen molar-refractivity contribution >= 4 is 16.0 Å². The molecule has 0 aromatic carbocycles. The summed E-state index contributed by atoms with van der Waals surface area (Å²) in [6.07, 6.45) is 5.59. The van der Waals surface area contributed by atoms with Crippen molar-refractivity contribution in [2.24, 2.45) is 0 Å². The third kappa shape index (κ3) is 2.91. The number of aryl methyl sites for hydroxylation is 1. The summed E-state index contributed by atoms with van der Waals surface area (Å²) in [4.78, 5) is 10.5. The molecule has 1 heterocycles. The second-order valence-corrected chi connectivity index (χ2v) is 5.27. The van der Waals surface area contributed by atoms with E-state index in [4.69, 9.17) is 15.9 Å². The van der Waals surface area contributed by atoms with Gasteiger partial charge in [0.25, 0.3) is 0 Å². The monoisotopic (exact) mass is 271 g/mol. The number of rotatable bonds is 5. The molecule has 6 nitrogen and oxygen atoms in total. The minimum absolute atomic E-state index is 0.00627. The first-order valence-corrected chi connectivity index (χ1v) is 6.62. The van der Waals surface area contributed by atoms with Crippen molar-refractivity contribution in [2.75, 3.05) is 0 Å². The lowest BCUT2D eigenvalue weighted by molar-refractivity contribution is 0.0661. The summed E-state index contributed by atoms with van der Waals surface area (Å²) in [7, 11) is -3.88. The van der Waals surface area contributed by atoms with Gasteiger partial charge in [0, 0.05) is 6.07 Å². The van der Waals surface area contributed by atoms with E-state index in [2.05, 4.69) is 10.6 Å². The highest BCUT2D eigenvalue weighted by molar-refractivity contribution is 7.89. The molecule has 0 aliphatic carbocycles. The molecule has 1 aromatic heterocycles. The summed E-state index contributed by atoms with van der Waals surface area (Å²) in [5, 5.41) is 8.72. The first-order valence-electron chi connectivity index (χ1n) is 5.14. The lowest BCUT2D eigenvalue weighted by atomic mass is 10.3. The maximum absolute atomic E-state index is 12.0. The number of nitrogens with one attached hydrogen (secondary N) is 1. The van der Waals surface area contributed by atoms with Gasteiger partial charge in [-0.1, -0.05) is 12.8 Å². The fourth-order valence-corrected chi connectivity index (χ4v) is 2.74. The average molecular weight is 271 g/mol. The molecule has 18 heavy (non-hydrogen) atoms. The summed E-state index contributed by atoms with van der Waals surface area (Å²) < 4.78 is 31.0. The van der Waals surface area contributed by atoms with Crippen molar-refractivity contribution in [1.29, 1.82) is 0 Å². The second kappa shape index (κ2) is 5.25. The predicted molar refractivity (Wildman–Crippen MR) is 63.6 cm³/mol. The molecule has 0 saturated carbocycles. The van der Waals surface area contributed by atoms with Gasteiger partial charge in [0.15, 0.2) is 0 Å². The Morgan fingerprint density at radius 2 is 2.28 bits per heavy atom. The number of sulfonamides is 1. The van der Waals surface area contributed by atoms with Crippen LogP contribution >= 0.6 is 0 Å². The van der Waals surface area contributed by atoms with Gasteiger partial charge in [-0.3, -0.25) is 0 Å². The number of furan rings is 1. The van der Waals surface area contributed by atoms with Crippen LogP contribution in [0.4, 0.5) is 0 Å². The van der Waals surface area contributed by atoms with E-state index in [0.29, 0.717) is 6.42 Å². The van der Waals surface area contributed by atoms with Crippen molar-refractivity contribution in [2.45, 2.75) is 31.2 Å². The molecule has 2 N–H and O–H groups in total. The summed E-state index contributed by atoms with van der Waals surface area (Å²) in [6, 6.07) is 0.320. The first-order chi connectivity index (χ1) is 8.31. The Morgan fingerprint density at radius 3 is 2.67 bits per heavy atom. The van der Waals surface area contributed by atoms with Crippen LogP contribution in [0.5, 0.6) is 0 Å². The van der Waals surface area contributed by atoms with E-state index in [0.717, 1.165) is 6.07 Å². The van der Waals surface area contributed by atoms with Crippen molar-refractivity contribution in [3.05, 3.63) is 17.6 Å². The Labute approximate surface area is 105 Å². The van der Waals surface area contributed by atoms with E-state index in [1.54, 1.807) is 6.92 Å². The van der Waals surface area contributed by atoms with Crippen molar-refractivity contribution in [3.63, 3.8) is 0 Å². The maximum atomic E-state index is 12.0. The van der Waals surface area contributed by atoms with E-state index in [9.17, 15) is 13.2 Å². The predicted octanol–water partition coefficient (Wildman–Crippen LogP) is 0.976. The third-order valence-electron chi connectivity index (χ3n) is 2.28. The Morgan fingerprint density at radius 1 is 1.67 bits per heavy atom. The van der Waals surface area contributed by atoms with Gasteiger partial charge in [-0.2, -0.15) is 4.72 Å². The molecule has 0 aliphatic heterocycles. The van der Waals surface area contributed by atoms with Crippen LogP contribution in [0, 0.1) is 19.3 Å². The smallest absolute Gasteiger partial charge is 0.371 e. The molecule has 0 amide bonds. The number of carboxylic acid groups (broad SMARTS) is 1. The minimum atomic E-state index is -3.88. The molecule has 0 spiro atoms. The van der Waals surface area contributed by atoms with Gasteiger partial charge in [-0.15, -0.1) is 6.42 Å². The topological polar surface area (TPSA) is 96.6 Å². The molecule has 1 atom stereocenters. The Kier molecular flexibility index (Phi) is 4.16. The van der Waals surface area contributed by atoms with Gasteiger partial charge in [0.1, 0.15) is 10.7 Å². The van der Waals surface area contributed by atoms with Crippen LogP contribution in [0.3, 0.4) is 0 Å². The van der Waals surface area contributed by atoms with Crippen molar-refractivity contribution < 1.29 is 22.7 Å². The molecule has 1 unspecified atom stereocenters. The van der Waals surface area contributed by atoms with Gasteiger partial charge in [-0.25, -0.2) is 13.2 Å². The highest BCUT2D eigenvalue weighted by Gasteiger charge is 2.25. The van der Waals surface area contributed by atoms with Gasteiger partial charge in [0.2, 0.25) is 15.8 Å². The average Bonchev–Trinajstić information content (AvgIpc) is 2.69. The molecule has 0 saturated heterocycles. The van der Waals surface area contributed by atoms with Crippen LogP contribution in [0.2, 0.25) is 0 Å². The quantitative estimate of drug-likeness (QED) is 0.778. The van der Waals surface area contributed by atoms with Crippen LogP contribution in [0.15, 0.2) is 15.4 Å². The third-order valence-corrected chi connectivity index (χ3v) is 3.86. The number of hydrogen-bond acceptors (Lipinski definition) is 4. The summed E-state index contributed by atoms with van der Waals surface area (Å²) in [5.41, 5.74) is 0. The van der Waals surface area contributed by atoms with E-state index in [1.165, 1.54) is 6.92 Å². The molecule has 1 aromatic rings. The molecular formula is C11H13NO5S. The molecule has 1 rings (SSSR count). The molecule has 98 valence electrons. The molecule has 0 radical (unpaired) electrons. The Hall–Kier alpha value is -1.78. The van der Waals surface area contributed by atoms with Crippen LogP contribution in [0.25, 0.3) is 0 Å². The highest BCUT2D eigenvalue weighted by Crippen LogP contribution is 2.20. The fourth-order valence-electron chi connectivity index (χ4n) is 1.32. The second-order valence-electron chi connectivity index (χ2n) is 3.59. The highest BCUT2D eigenvalue weighted by atomic mass is 32.2. The largest absolute Gasteiger partial charge is 0.475 e. The number of aromatic carboxylic acids is 1. The Balaban J connectivity index is 3.13. The van der Waals surface area contributed by atoms with Crippen LogP contribution < -0.4 is 4.72 Å². The fraction of sp³-hybridized carbons (Fsp3) is 0.364. The lowest BCUT2D eigenvalue weighted by Crippen LogP contribution is -2.33. The van der Waals surface area contributed by atoms with Crippen LogP contribution in [-0.2, 0) is 10.0 Å². The molecule has 0 bridgehead atoms. The lowest BCUT2D eigenvalue weighted by Gasteiger charge is -2.10. The van der Waals surface area contributed by atoms with Gasteiger partial charge < -0.3 is 9.52 Å². The van der Waals surface area contributed by atoms with E-state index < -0.39 is 27.8 Å². The van der Waals surface area contributed by atoms with Gasteiger partial charge in [-0.05, 0) is 13.3 Å². The SMILES string of the molecule is C#CC(CC)NS(=O)(=O)c1cc(C(=O)O)oc1C. The van der Waals surface area contributed by atoms with Gasteiger partial charge >= 0.3 is 5.97 Å². The summed E-state index contributed by atoms with van der Waals surface area (Å²) >= 11 is 0. The normalized spacial score (nSPS) is 12.9. The number of terminal acetylenes is 1. The molecule has 7 heteroatoms. The summed E-state index contributed by atoms with van der Waals surface area (Å²) in [6.45, 7) is 3.11. The van der Waals surface area contributed by atoms with Crippen molar-refractivity contribution in [1.82, 2.24) is 4.72 Å². The first kappa shape index (κ1) is 14.3. The standard InChI is InChI=1S/C11H13NO5S/c1-4-8(5-2)12-18(15,16)10-6-9(11(13)14)17-7(10)3/h1,6,8,12H,5H2,2-3H3,(H,13,14). The van der Waals surface area contributed by atoms with Crippen LogP contribution in [-0.4, -0.2) is 25.5 Å².